The van der Waals surface area contributed by atoms with E-state index >= 15 is 0 Å². The maximum Gasteiger partial charge on any atom is 0.119 e. The van der Waals surface area contributed by atoms with E-state index < -0.39 is 0 Å². The predicted molar refractivity (Wildman–Crippen MR) is 85.1 cm³/mol. The lowest BCUT2D eigenvalue weighted by Crippen LogP contribution is -2.46. The van der Waals surface area contributed by atoms with Crippen molar-refractivity contribution in [2.24, 2.45) is 0 Å². The number of aliphatic hydroxyl groups is 1. The van der Waals surface area contributed by atoms with Crippen LogP contribution in [0.4, 0.5) is 0 Å². The minimum absolute atomic E-state index is 0.0577. The van der Waals surface area contributed by atoms with Gasteiger partial charge in [0.25, 0.3) is 0 Å². The zero-order chi connectivity index (χ0) is 15.8. The summed E-state index contributed by atoms with van der Waals surface area (Å²) in [6, 6.07) is 7.44. The summed E-state index contributed by atoms with van der Waals surface area (Å²) in [6.45, 7) is 8.99. The summed E-state index contributed by atoms with van der Waals surface area (Å²) in [5, 5.41) is 8.97. The molecule has 1 N–H and O–H groups in total. The molecule has 2 unspecified atom stereocenters. The monoisotopic (exact) mass is 309 g/mol. The van der Waals surface area contributed by atoms with Crippen LogP contribution in [-0.4, -0.2) is 61.7 Å². The molecule has 2 rings (SSSR count). The van der Waals surface area contributed by atoms with Crippen LogP contribution in [0.2, 0.25) is 0 Å². The van der Waals surface area contributed by atoms with Crippen molar-refractivity contribution in [3.05, 3.63) is 29.8 Å². The first-order chi connectivity index (χ1) is 10.7. The number of nitrogens with zero attached hydrogens (tertiary/aromatic N) is 1. The summed E-state index contributed by atoms with van der Waals surface area (Å²) >= 11 is 0. The van der Waals surface area contributed by atoms with Gasteiger partial charge in [0, 0.05) is 19.6 Å². The van der Waals surface area contributed by atoms with Gasteiger partial charge in [0.1, 0.15) is 12.4 Å². The molecule has 1 aromatic rings. The Hall–Kier alpha value is -1.14. The molecular formula is C17H27NO4. The Balaban J connectivity index is 1.53. The van der Waals surface area contributed by atoms with Crippen molar-refractivity contribution < 1.29 is 19.3 Å². The molecule has 0 saturated carbocycles. The number of ether oxygens (including phenoxy) is 3. The van der Waals surface area contributed by atoms with Gasteiger partial charge >= 0.3 is 0 Å². The van der Waals surface area contributed by atoms with Gasteiger partial charge in [-0.1, -0.05) is 12.1 Å². The van der Waals surface area contributed by atoms with Crippen LogP contribution >= 0.6 is 0 Å². The largest absolute Gasteiger partial charge is 0.491 e. The Morgan fingerprint density at radius 1 is 1.09 bits per heavy atom. The maximum atomic E-state index is 8.97. The molecule has 1 aromatic carbocycles. The van der Waals surface area contributed by atoms with E-state index in [4.69, 9.17) is 19.3 Å². The molecular weight excluding hydrogens is 282 g/mol. The van der Waals surface area contributed by atoms with E-state index in [1.54, 1.807) is 0 Å². The van der Waals surface area contributed by atoms with Crippen molar-refractivity contribution in [2.75, 3.05) is 39.5 Å². The van der Waals surface area contributed by atoms with Gasteiger partial charge < -0.3 is 19.3 Å². The lowest BCUT2D eigenvalue weighted by molar-refractivity contribution is -0.0734. The number of aliphatic hydroxyl groups excluding tert-OH is 1. The first-order valence-electron chi connectivity index (χ1n) is 7.95. The number of hydrogen-bond acceptors (Lipinski definition) is 5. The van der Waals surface area contributed by atoms with Gasteiger partial charge in [0.2, 0.25) is 0 Å². The van der Waals surface area contributed by atoms with Gasteiger partial charge in [0.15, 0.2) is 0 Å². The summed E-state index contributed by atoms with van der Waals surface area (Å²) in [6.07, 6.45) is 0.600. The highest BCUT2D eigenvalue weighted by Crippen LogP contribution is 2.12. The summed E-state index contributed by atoms with van der Waals surface area (Å²) in [5.74, 6) is 0.802. The lowest BCUT2D eigenvalue weighted by Gasteiger charge is -2.35. The van der Waals surface area contributed by atoms with Crippen LogP contribution < -0.4 is 4.74 Å². The molecule has 0 bridgehead atoms. The van der Waals surface area contributed by atoms with Crippen LogP contribution in [0.25, 0.3) is 0 Å². The first kappa shape index (κ1) is 17.2. The second kappa shape index (κ2) is 9.10. The van der Waals surface area contributed by atoms with Crippen molar-refractivity contribution >= 4 is 0 Å². The Bertz CT molecular complexity index is 413. The van der Waals surface area contributed by atoms with E-state index in [1.807, 2.05) is 24.3 Å². The highest BCUT2D eigenvalue weighted by molar-refractivity contribution is 5.26. The Morgan fingerprint density at radius 2 is 1.77 bits per heavy atom. The SMILES string of the molecule is CC1CN(CCOCCOc2ccc(CO)cc2)CC(C)O1. The van der Waals surface area contributed by atoms with Gasteiger partial charge in [-0.2, -0.15) is 0 Å². The fourth-order valence-corrected chi connectivity index (χ4v) is 2.67. The van der Waals surface area contributed by atoms with E-state index in [-0.39, 0.29) is 6.61 Å². The molecule has 0 radical (unpaired) electrons. The van der Waals surface area contributed by atoms with Crippen LogP contribution in [0.3, 0.4) is 0 Å². The van der Waals surface area contributed by atoms with Gasteiger partial charge in [-0.05, 0) is 31.5 Å². The van der Waals surface area contributed by atoms with E-state index in [2.05, 4.69) is 18.7 Å². The molecule has 0 amide bonds. The zero-order valence-electron chi connectivity index (χ0n) is 13.5. The maximum absolute atomic E-state index is 8.97. The quantitative estimate of drug-likeness (QED) is 0.741. The van der Waals surface area contributed by atoms with Crippen LogP contribution in [0.5, 0.6) is 5.75 Å². The summed E-state index contributed by atoms with van der Waals surface area (Å²) in [5.41, 5.74) is 0.887. The number of morpholine rings is 1. The van der Waals surface area contributed by atoms with E-state index in [1.165, 1.54) is 0 Å². The van der Waals surface area contributed by atoms with E-state index in [9.17, 15) is 0 Å². The topological polar surface area (TPSA) is 51.2 Å². The molecule has 0 spiro atoms. The van der Waals surface area contributed by atoms with Crippen LogP contribution in [-0.2, 0) is 16.1 Å². The van der Waals surface area contributed by atoms with Crippen LogP contribution in [0.1, 0.15) is 19.4 Å². The second-order valence-electron chi connectivity index (χ2n) is 5.78. The Morgan fingerprint density at radius 3 is 2.41 bits per heavy atom. The smallest absolute Gasteiger partial charge is 0.119 e. The summed E-state index contributed by atoms with van der Waals surface area (Å²) < 4.78 is 16.9. The van der Waals surface area contributed by atoms with Crippen LogP contribution in [0, 0.1) is 0 Å². The average Bonchev–Trinajstić information content (AvgIpc) is 2.50. The summed E-state index contributed by atoms with van der Waals surface area (Å²) in [4.78, 5) is 2.38. The van der Waals surface area contributed by atoms with Crippen molar-refractivity contribution in [1.29, 1.82) is 0 Å². The van der Waals surface area contributed by atoms with Gasteiger partial charge in [-0.15, -0.1) is 0 Å². The second-order valence-corrected chi connectivity index (χ2v) is 5.78. The molecule has 0 aliphatic carbocycles. The van der Waals surface area contributed by atoms with Gasteiger partial charge in [0.05, 0.1) is 32.0 Å². The number of benzene rings is 1. The molecule has 1 fully saturated rings. The third-order valence-electron chi connectivity index (χ3n) is 3.65. The summed E-state index contributed by atoms with van der Waals surface area (Å²) in [7, 11) is 0. The van der Waals surface area contributed by atoms with E-state index in [0.29, 0.717) is 32.0 Å². The fourth-order valence-electron chi connectivity index (χ4n) is 2.67. The van der Waals surface area contributed by atoms with Crippen molar-refractivity contribution in [3.8, 4) is 5.75 Å². The Kier molecular flexibility index (Phi) is 7.12. The molecule has 2 atom stereocenters. The molecule has 5 nitrogen and oxygen atoms in total. The van der Waals surface area contributed by atoms with Gasteiger partial charge in [-0.3, -0.25) is 4.90 Å². The molecule has 1 aliphatic rings. The zero-order valence-corrected chi connectivity index (χ0v) is 13.5. The standard InChI is InChI=1S/C17H27NO4/c1-14-11-18(12-15(2)22-14)7-8-20-9-10-21-17-5-3-16(13-19)4-6-17/h3-6,14-15,19H,7-13H2,1-2H3. The van der Waals surface area contributed by atoms with E-state index in [0.717, 1.165) is 30.9 Å². The number of hydrogen-bond donors (Lipinski definition) is 1. The third kappa shape index (κ3) is 5.93. The fraction of sp³-hybridized carbons (Fsp3) is 0.647. The highest BCUT2D eigenvalue weighted by Gasteiger charge is 2.21. The van der Waals surface area contributed by atoms with Crippen molar-refractivity contribution in [1.82, 2.24) is 4.90 Å². The molecule has 22 heavy (non-hydrogen) atoms. The molecule has 1 saturated heterocycles. The minimum atomic E-state index is 0.0577. The molecule has 5 heteroatoms. The van der Waals surface area contributed by atoms with Gasteiger partial charge in [-0.25, -0.2) is 0 Å². The lowest BCUT2D eigenvalue weighted by atomic mass is 10.2. The molecule has 124 valence electrons. The molecule has 1 heterocycles. The Labute approximate surface area is 132 Å². The molecule has 1 aliphatic heterocycles. The first-order valence-corrected chi connectivity index (χ1v) is 7.95. The normalized spacial score (nSPS) is 22.7. The highest BCUT2D eigenvalue weighted by atomic mass is 16.5. The minimum Gasteiger partial charge on any atom is -0.491 e. The van der Waals surface area contributed by atoms with Crippen LogP contribution in [0.15, 0.2) is 24.3 Å². The predicted octanol–water partition coefficient (Wildman–Crippen LogP) is 1.68. The van der Waals surface area contributed by atoms with Crippen molar-refractivity contribution in [3.63, 3.8) is 0 Å². The third-order valence-corrected chi connectivity index (χ3v) is 3.65. The molecule has 0 aromatic heterocycles. The number of rotatable bonds is 8. The van der Waals surface area contributed by atoms with Crippen molar-refractivity contribution in [2.45, 2.75) is 32.7 Å². The average molecular weight is 309 g/mol.